The van der Waals surface area contributed by atoms with Gasteiger partial charge in [0.05, 0.1) is 37.2 Å². The molecule has 0 radical (unpaired) electrons. The first-order chi connectivity index (χ1) is 15.8. The zero-order valence-corrected chi connectivity index (χ0v) is 19.7. The van der Waals surface area contributed by atoms with E-state index in [-0.39, 0.29) is 11.9 Å². The van der Waals surface area contributed by atoms with Crippen LogP contribution >= 0.6 is 0 Å². The molecule has 9 heteroatoms. The van der Waals surface area contributed by atoms with Crippen LogP contribution in [0.5, 0.6) is 11.5 Å². The lowest BCUT2D eigenvalue weighted by atomic mass is 10.0. The third-order valence-electron chi connectivity index (χ3n) is 5.79. The summed E-state index contributed by atoms with van der Waals surface area (Å²) in [5.74, 6) is 1.11. The first-order valence-electron chi connectivity index (χ1n) is 10.7. The standard InChI is InChI=1S/C24H27N3O5S/c1-31-22-9-8-16(14-23(22)32-2)21-15-19(18-6-4-5-7-20(18)25-21)24(28)27-12-10-17(11-13-27)26-33(3,29)30/h4-9,14-15,17,26H,10-13H2,1-3H3. The Morgan fingerprint density at radius 1 is 1.03 bits per heavy atom. The molecular formula is C24H27N3O5S. The van der Waals surface area contributed by atoms with Crippen molar-refractivity contribution in [3.8, 4) is 22.8 Å². The quantitative estimate of drug-likeness (QED) is 0.596. The summed E-state index contributed by atoms with van der Waals surface area (Å²) in [5.41, 5.74) is 2.76. The van der Waals surface area contributed by atoms with Crippen LogP contribution in [0.4, 0.5) is 0 Å². The van der Waals surface area contributed by atoms with Crippen LogP contribution in [0.1, 0.15) is 23.2 Å². The summed E-state index contributed by atoms with van der Waals surface area (Å²) >= 11 is 0. The summed E-state index contributed by atoms with van der Waals surface area (Å²) < 4.78 is 36.4. The van der Waals surface area contributed by atoms with E-state index in [1.165, 1.54) is 0 Å². The predicted molar refractivity (Wildman–Crippen MR) is 127 cm³/mol. The Kier molecular flexibility index (Phi) is 6.53. The molecule has 0 aliphatic carbocycles. The zero-order chi connectivity index (χ0) is 23.6. The lowest BCUT2D eigenvalue weighted by Crippen LogP contribution is -2.46. The largest absolute Gasteiger partial charge is 0.493 e. The van der Waals surface area contributed by atoms with E-state index in [4.69, 9.17) is 14.5 Å². The molecule has 1 aliphatic rings. The number of hydrogen-bond acceptors (Lipinski definition) is 6. The fraction of sp³-hybridized carbons (Fsp3) is 0.333. The monoisotopic (exact) mass is 469 g/mol. The molecule has 1 N–H and O–H groups in total. The van der Waals surface area contributed by atoms with Gasteiger partial charge in [-0.25, -0.2) is 18.1 Å². The van der Waals surface area contributed by atoms with Gasteiger partial charge in [0.15, 0.2) is 11.5 Å². The third kappa shape index (κ3) is 5.09. The molecule has 1 fully saturated rings. The lowest BCUT2D eigenvalue weighted by molar-refractivity contribution is 0.0713. The number of para-hydroxylation sites is 1. The highest BCUT2D eigenvalue weighted by molar-refractivity contribution is 7.88. The number of pyridine rings is 1. The molecule has 0 saturated carbocycles. The number of carbonyl (C=O) groups is 1. The summed E-state index contributed by atoms with van der Waals surface area (Å²) in [6, 6.07) is 14.8. The Balaban J connectivity index is 1.67. The molecule has 1 amide bonds. The maximum Gasteiger partial charge on any atom is 0.254 e. The van der Waals surface area contributed by atoms with Crippen molar-refractivity contribution in [2.75, 3.05) is 33.6 Å². The molecule has 0 spiro atoms. The highest BCUT2D eigenvalue weighted by Gasteiger charge is 2.26. The van der Waals surface area contributed by atoms with Crippen molar-refractivity contribution in [2.45, 2.75) is 18.9 Å². The molecular weight excluding hydrogens is 442 g/mol. The first-order valence-corrected chi connectivity index (χ1v) is 12.6. The molecule has 0 atom stereocenters. The van der Waals surface area contributed by atoms with Crippen molar-refractivity contribution in [1.82, 2.24) is 14.6 Å². The SMILES string of the molecule is COc1ccc(-c2cc(C(=O)N3CCC(NS(C)(=O)=O)CC3)c3ccccc3n2)cc1OC. The van der Waals surface area contributed by atoms with Gasteiger partial charge < -0.3 is 14.4 Å². The van der Waals surface area contributed by atoms with Gasteiger partial charge in [0, 0.05) is 30.1 Å². The Labute approximate surface area is 193 Å². The van der Waals surface area contributed by atoms with Crippen molar-refractivity contribution >= 4 is 26.8 Å². The number of fused-ring (bicyclic) bond motifs is 1. The molecule has 4 rings (SSSR count). The molecule has 1 saturated heterocycles. The number of ether oxygens (including phenoxy) is 2. The van der Waals surface area contributed by atoms with Crippen LogP contribution in [0.15, 0.2) is 48.5 Å². The Morgan fingerprint density at radius 3 is 2.39 bits per heavy atom. The van der Waals surface area contributed by atoms with Crippen LogP contribution in [-0.4, -0.2) is 63.8 Å². The number of rotatable bonds is 6. The molecule has 0 bridgehead atoms. The summed E-state index contributed by atoms with van der Waals surface area (Å²) in [6.07, 6.45) is 2.30. The zero-order valence-electron chi connectivity index (χ0n) is 18.9. The van der Waals surface area contributed by atoms with Gasteiger partial charge in [-0.15, -0.1) is 0 Å². The molecule has 0 unspecified atom stereocenters. The van der Waals surface area contributed by atoms with E-state index in [9.17, 15) is 13.2 Å². The minimum atomic E-state index is -3.27. The maximum absolute atomic E-state index is 13.5. The number of sulfonamides is 1. The van der Waals surface area contributed by atoms with Gasteiger partial charge in [-0.1, -0.05) is 18.2 Å². The molecule has 3 aromatic rings. The van der Waals surface area contributed by atoms with E-state index in [0.29, 0.717) is 48.7 Å². The Morgan fingerprint density at radius 2 is 1.73 bits per heavy atom. The second-order valence-corrected chi connectivity index (χ2v) is 9.88. The molecule has 174 valence electrons. The lowest BCUT2D eigenvalue weighted by Gasteiger charge is -2.32. The molecule has 8 nitrogen and oxygen atoms in total. The predicted octanol–water partition coefficient (Wildman–Crippen LogP) is 3.07. The minimum Gasteiger partial charge on any atom is -0.493 e. The fourth-order valence-corrected chi connectivity index (χ4v) is 5.01. The van der Waals surface area contributed by atoms with Gasteiger partial charge in [-0.3, -0.25) is 4.79 Å². The summed E-state index contributed by atoms with van der Waals surface area (Å²) in [5, 5.41) is 0.781. The van der Waals surface area contributed by atoms with Crippen LogP contribution in [0.3, 0.4) is 0 Å². The van der Waals surface area contributed by atoms with Gasteiger partial charge in [0.2, 0.25) is 10.0 Å². The Hall–Kier alpha value is -3.17. The Bertz CT molecular complexity index is 1280. The second kappa shape index (κ2) is 9.36. The number of methoxy groups -OCH3 is 2. The number of amides is 1. The number of aromatic nitrogens is 1. The van der Waals surface area contributed by atoms with Gasteiger partial charge in [-0.05, 0) is 43.2 Å². The van der Waals surface area contributed by atoms with Crippen LogP contribution in [0.2, 0.25) is 0 Å². The topological polar surface area (TPSA) is 97.8 Å². The molecule has 33 heavy (non-hydrogen) atoms. The van der Waals surface area contributed by atoms with Gasteiger partial charge in [0.25, 0.3) is 5.91 Å². The van der Waals surface area contributed by atoms with Crippen LogP contribution in [-0.2, 0) is 10.0 Å². The number of hydrogen-bond donors (Lipinski definition) is 1. The molecule has 1 aliphatic heterocycles. The number of piperidine rings is 1. The summed E-state index contributed by atoms with van der Waals surface area (Å²) in [4.78, 5) is 20.1. The van der Waals surface area contributed by atoms with Gasteiger partial charge >= 0.3 is 0 Å². The fourth-order valence-electron chi connectivity index (χ4n) is 4.17. The van der Waals surface area contributed by atoms with Crippen molar-refractivity contribution in [1.29, 1.82) is 0 Å². The number of nitrogens with one attached hydrogen (secondary N) is 1. The molecule has 2 aromatic carbocycles. The van der Waals surface area contributed by atoms with E-state index >= 15 is 0 Å². The van der Waals surface area contributed by atoms with Crippen LogP contribution in [0, 0.1) is 0 Å². The van der Waals surface area contributed by atoms with E-state index in [1.54, 1.807) is 19.1 Å². The number of nitrogens with zero attached hydrogens (tertiary/aromatic N) is 2. The minimum absolute atomic E-state index is 0.0897. The van der Waals surface area contributed by atoms with E-state index in [0.717, 1.165) is 22.7 Å². The number of benzene rings is 2. The highest BCUT2D eigenvalue weighted by Crippen LogP contribution is 2.33. The smallest absolute Gasteiger partial charge is 0.254 e. The maximum atomic E-state index is 13.5. The highest BCUT2D eigenvalue weighted by atomic mass is 32.2. The summed E-state index contributed by atoms with van der Waals surface area (Å²) in [6.45, 7) is 0.961. The van der Waals surface area contributed by atoms with E-state index in [2.05, 4.69) is 4.72 Å². The van der Waals surface area contributed by atoms with Gasteiger partial charge in [-0.2, -0.15) is 0 Å². The molecule has 2 heterocycles. The van der Waals surface area contributed by atoms with Crippen molar-refractivity contribution in [3.63, 3.8) is 0 Å². The first kappa shape index (κ1) is 23.0. The van der Waals surface area contributed by atoms with Crippen molar-refractivity contribution in [3.05, 3.63) is 54.1 Å². The number of carbonyl (C=O) groups excluding carboxylic acids is 1. The van der Waals surface area contributed by atoms with Crippen LogP contribution < -0.4 is 14.2 Å². The average molecular weight is 470 g/mol. The average Bonchev–Trinajstić information content (AvgIpc) is 2.82. The van der Waals surface area contributed by atoms with E-state index in [1.807, 2.05) is 48.5 Å². The normalized spacial score (nSPS) is 14.9. The second-order valence-electron chi connectivity index (χ2n) is 8.10. The van der Waals surface area contributed by atoms with Crippen LogP contribution in [0.25, 0.3) is 22.2 Å². The van der Waals surface area contributed by atoms with Crippen molar-refractivity contribution in [2.24, 2.45) is 0 Å². The molecule has 1 aromatic heterocycles. The van der Waals surface area contributed by atoms with Crippen molar-refractivity contribution < 1.29 is 22.7 Å². The van der Waals surface area contributed by atoms with Gasteiger partial charge in [0.1, 0.15) is 0 Å². The third-order valence-corrected chi connectivity index (χ3v) is 6.55. The summed E-state index contributed by atoms with van der Waals surface area (Å²) in [7, 11) is -0.114. The van der Waals surface area contributed by atoms with E-state index < -0.39 is 10.0 Å². The number of likely N-dealkylation sites (tertiary alicyclic amines) is 1.